The van der Waals surface area contributed by atoms with Crippen molar-refractivity contribution in [3.63, 3.8) is 0 Å². The molecule has 1 aliphatic heterocycles. The van der Waals surface area contributed by atoms with Crippen molar-refractivity contribution in [3.05, 3.63) is 95.6 Å². The van der Waals surface area contributed by atoms with Crippen molar-refractivity contribution in [1.29, 1.82) is 0 Å². The molecule has 11 nitrogen and oxygen atoms in total. The molecule has 1 amide bonds. The zero-order valence-electron chi connectivity index (χ0n) is 27.7. The summed E-state index contributed by atoms with van der Waals surface area (Å²) in [6.07, 6.45) is -2.29. The first kappa shape index (κ1) is 37.2. The lowest BCUT2D eigenvalue weighted by Crippen LogP contribution is -2.47. The van der Waals surface area contributed by atoms with Crippen LogP contribution in [0.15, 0.2) is 78.0 Å². The summed E-state index contributed by atoms with van der Waals surface area (Å²) in [6.45, 7) is 2.84. The van der Waals surface area contributed by atoms with E-state index in [9.17, 15) is 36.0 Å². The summed E-state index contributed by atoms with van der Waals surface area (Å²) < 4.78 is 91.7. The fraction of sp³-hybridized carbons (Fsp3) is 0.314. The number of anilines is 1. The summed E-state index contributed by atoms with van der Waals surface area (Å²) in [5.41, 5.74) is 0.500. The number of rotatable bonds is 10. The van der Waals surface area contributed by atoms with Gasteiger partial charge in [-0.2, -0.15) is 13.2 Å². The molecule has 2 N–H and O–H groups in total. The van der Waals surface area contributed by atoms with E-state index < -0.39 is 63.4 Å². The summed E-state index contributed by atoms with van der Waals surface area (Å²) in [7, 11) is -2.80. The monoisotopic (exact) mass is 730 g/mol. The number of amides is 1. The lowest BCUT2D eigenvalue weighted by Gasteiger charge is -2.36. The third-order valence-electron chi connectivity index (χ3n) is 8.85. The largest absolute Gasteiger partial charge is 0.494 e. The number of alkyl halides is 3. The van der Waals surface area contributed by atoms with Gasteiger partial charge in [-0.05, 0) is 65.8 Å². The third-order valence-corrected chi connectivity index (χ3v) is 10.6. The Hall–Kier alpha value is -5.09. The van der Waals surface area contributed by atoms with E-state index >= 15 is 4.39 Å². The van der Waals surface area contributed by atoms with Crippen molar-refractivity contribution in [2.45, 2.75) is 49.8 Å². The van der Waals surface area contributed by atoms with Crippen LogP contribution >= 0.6 is 0 Å². The van der Waals surface area contributed by atoms with Crippen LogP contribution in [0.25, 0.3) is 10.8 Å². The molecule has 1 aliphatic rings. The molecule has 0 radical (unpaired) electrons. The first-order chi connectivity index (χ1) is 24.1. The number of aryl methyl sites for hydroxylation is 1. The van der Waals surface area contributed by atoms with Crippen LogP contribution in [-0.2, 0) is 35.4 Å². The molecule has 0 aliphatic carbocycles. The number of benzene rings is 3. The number of nitrogens with two attached hydrogens (primary N) is 1. The van der Waals surface area contributed by atoms with Crippen molar-refractivity contribution in [1.82, 2.24) is 9.88 Å². The van der Waals surface area contributed by atoms with Crippen LogP contribution in [0, 0.1) is 11.7 Å². The van der Waals surface area contributed by atoms with Crippen LogP contribution < -0.4 is 15.6 Å². The van der Waals surface area contributed by atoms with Crippen LogP contribution in [0.5, 0.6) is 5.75 Å². The molecule has 2 heterocycles. The van der Waals surface area contributed by atoms with E-state index in [4.69, 9.17) is 10.6 Å². The molecule has 1 aromatic heterocycles. The number of halogens is 4. The van der Waals surface area contributed by atoms with E-state index in [0.717, 1.165) is 15.3 Å². The van der Waals surface area contributed by atoms with Crippen molar-refractivity contribution in [3.8, 4) is 5.75 Å². The summed E-state index contributed by atoms with van der Waals surface area (Å²) >= 11 is 0. The number of likely N-dealkylation sites (tertiary alicyclic amines) is 1. The Balaban J connectivity index is 1.71. The fourth-order valence-corrected chi connectivity index (χ4v) is 7.37. The molecule has 5 rings (SSSR count). The molecular formula is C35H34F4N4O7S. The van der Waals surface area contributed by atoms with E-state index in [0.29, 0.717) is 17.4 Å². The van der Waals surface area contributed by atoms with Crippen LogP contribution in [-0.4, -0.2) is 61.7 Å². The molecule has 16 heteroatoms. The smallest absolute Gasteiger partial charge is 0.491 e. The first-order valence-corrected chi connectivity index (χ1v) is 17.5. The molecule has 1 saturated heterocycles. The van der Waals surface area contributed by atoms with E-state index in [1.165, 1.54) is 50.4 Å². The van der Waals surface area contributed by atoms with Gasteiger partial charge in [-0.15, -0.1) is 0 Å². The minimum absolute atomic E-state index is 0.104. The number of carbonyl (C=O) groups excluding carboxylic acids is 3. The Morgan fingerprint density at radius 3 is 2.45 bits per heavy atom. The van der Waals surface area contributed by atoms with Crippen molar-refractivity contribution in [2.24, 2.45) is 11.8 Å². The number of nitrogens with zero attached hydrogens (tertiary/aromatic N) is 3. The third kappa shape index (κ3) is 7.37. The van der Waals surface area contributed by atoms with Gasteiger partial charge in [-0.3, -0.25) is 19.6 Å². The van der Waals surface area contributed by atoms with E-state index in [2.05, 4.69) is 9.72 Å². The lowest BCUT2D eigenvalue weighted by molar-refractivity contribution is -0.203. The van der Waals surface area contributed by atoms with Crippen molar-refractivity contribution < 1.29 is 49.8 Å². The maximum atomic E-state index is 16.3. The molecule has 0 bridgehead atoms. The first-order valence-electron chi connectivity index (χ1n) is 15.8. The molecule has 270 valence electrons. The molecule has 4 aromatic rings. The number of hydrogen-bond acceptors (Lipinski definition) is 10. The van der Waals surface area contributed by atoms with E-state index in [1.54, 1.807) is 43.6 Å². The second-order valence-corrected chi connectivity index (χ2v) is 14.0. The van der Waals surface area contributed by atoms with Gasteiger partial charge in [0.1, 0.15) is 0 Å². The maximum absolute atomic E-state index is 16.3. The Bertz CT molecular complexity index is 2090. The van der Waals surface area contributed by atoms with Gasteiger partial charge in [0.25, 0.3) is 5.91 Å². The van der Waals surface area contributed by atoms with Gasteiger partial charge < -0.3 is 14.4 Å². The van der Waals surface area contributed by atoms with Gasteiger partial charge in [0, 0.05) is 29.9 Å². The number of sulfone groups is 1. The molecule has 3 atom stereocenters. The Labute approximate surface area is 290 Å². The highest BCUT2D eigenvalue weighted by Gasteiger charge is 2.50. The highest BCUT2D eigenvalue weighted by Crippen LogP contribution is 2.44. The normalized spacial score (nSPS) is 16.9. The highest BCUT2D eigenvalue weighted by atomic mass is 32.2. The van der Waals surface area contributed by atoms with Crippen LogP contribution in [0.4, 0.5) is 23.2 Å². The minimum Gasteiger partial charge on any atom is -0.494 e. The Morgan fingerprint density at radius 1 is 1.06 bits per heavy atom. The minimum atomic E-state index is -5.51. The predicted molar refractivity (Wildman–Crippen MR) is 177 cm³/mol. The topological polar surface area (TPSA) is 149 Å². The number of ether oxygens (including phenoxy) is 2. The highest BCUT2D eigenvalue weighted by molar-refractivity contribution is 7.91. The summed E-state index contributed by atoms with van der Waals surface area (Å²) in [4.78, 5) is 44.8. The standard InChI is InChI=1S/C35H34F4N4O7S/c1-4-20-16-26(29(36)27(17-20)49-3)31(43(40)23-11-10-22-19-41-14-12-21(22)18-23)32(44)42-15-13-25(33(45)50-34(46)35(37,38)39)30(42)24-8-6-7-9-28(24)51(47,48)5-2/h6-12,14,16-19,25,30-31H,4-5,13,15,40H2,1-3H3/t25?,30?,31-/m0/s1. The maximum Gasteiger partial charge on any atom is 0.491 e. The zero-order chi connectivity index (χ0) is 37.2. The average molecular weight is 731 g/mol. The van der Waals surface area contributed by atoms with Crippen molar-refractivity contribution >= 4 is 44.1 Å². The molecule has 0 spiro atoms. The SMILES string of the molecule is CCc1cc(OC)c(F)c([C@@H](C(=O)N2CCC(C(=O)OC(=O)C(F)(F)F)C2c2ccccc2S(=O)(=O)CC)N(N)c2ccc3cnccc3c2)c1. The Morgan fingerprint density at radius 2 is 1.78 bits per heavy atom. The molecule has 2 unspecified atom stereocenters. The van der Waals surface area contributed by atoms with Crippen LogP contribution in [0.1, 0.15) is 49.0 Å². The zero-order valence-corrected chi connectivity index (χ0v) is 28.5. The molecule has 51 heavy (non-hydrogen) atoms. The van der Waals surface area contributed by atoms with Crippen LogP contribution in [0.3, 0.4) is 0 Å². The Kier molecular flexibility index (Phi) is 10.7. The molecule has 3 aromatic carbocycles. The second kappa shape index (κ2) is 14.6. The number of pyridine rings is 1. The van der Waals surface area contributed by atoms with E-state index in [-0.39, 0.29) is 40.4 Å². The van der Waals surface area contributed by atoms with Gasteiger partial charge in [-0.1, -0.05) is 38.1 Å². The van der Waals surface area contributed by atoms with Gasteiger partial charge >= 0.3 is 18.1 Å². The summed E-state index contributed by atoms with van der Waals surface area (Å²) in [6, 6.07) is 11.6. The number of aromatic nitrogens is 1. The lowest BCUT2D eigenvalue weighted by atomic mass is 9.92. The number of carbonyl (C=O) groups is 3. The summed E-state index contributed by atoms with van der Waals surface area (Å²) in [5, 5.41) is 2.44. The predicted octanol–water partition coefficient (Wildman–Crippen LogP) is 5.38. The molecule has 1 fully saturated rings. The van der Waals surface area contributed by atoms with Crippen LogP contribution in [0.2, 0.25) is 0 Å². The molecule has 0 saturated carbocycles. The number of hydrazine groups is 1. The second-order valence-electron chi connectivity index (χ2n) is 11.8. The number of esters is 2. The van der Waals surface area contributed by atoms with Gasteiger partial charge in [0.15, 0.2) is 27.4 Å². The summed E-state index contributed by atoms with van der Waals surface area (Å²) in [5.74, 6) is -1.75. The van der Waals surface area contributed by atoms with Gasteiger partial charge in [0.2, 0.25) is 0 Å². The van der Waals surface area contributed by atoms with Crippen molar-refractivity contribution in [2.75, 3.05) is 24.4 Å². The number of methoxy groups -OCH3 is 1. The van der Waals surface area contributed by atoms with E-state index in [1.807, 2.05) is 0 Å². The van der Waals surface area contributed by atoms with Gasteiger partial charge in [-0.25, -0.2) is 23.4 Å². The number of hydrogen-bond donors (Lipinski definition) is 1. The average Bonchev–Trinajstić information content (AvgIpc) is 3.57. The number of fused-ring (bicyclic) bond motifs is 1. The quantitative estimate of drug-likeness (QED) is 0.0741. The fourth-order valence-electron chi connectivity index (χ4n) is 6.23. The molecular weight excluding hydrogens is 696 g/mol. The van der Waals surface area contributed by atoms with Gasteiger partial charge in [0.05, 0.1) is 35.4 Å².